The smallest absolute Gasteiger partial charge is 0.119 e. The van der Waals surface area contributed by atoms with Crippen LogP contribution in [0.25, 0.3) is 0 Å². The average Bonchev–Trinajstić information content (AvgIpc) is 2.04. The van der Waals surface area contributed by atoms with Crippen LogP contribution < -0.4 is 4.74 Å². The molecule has 1 aromatic rings. The van der Waals surface area contributed by atoms with Crippen molar-refractivity contribution in [2.75, 3.05) is 7.11 Å². The lowest BCUT2D eigenvalue weighted by atomic mass is 10.1. The minimum absolute atomic E-state index is 0.811. The van der Waals surface area contributed by atoms with Crippen molar-refractivity contribution in [1.82, 2.24) is 0 Å². The number of rotatable bonds is 1. The summed E-state index contributed by atoms with van der Waals surface area (Å²) in [5.74, 6) is 3.16. The molecule has 1 nitrogen and oxygen atoms in total. The van der Waals surface area contributed by atoms with Gasteiger partial charge in [-0.2, -0.15) is 0 Å². The first-order valence-electron chi connectivity index (χ1n) is 3.35. The van der Waals surface area contributed by atoms with E-state index in [0.29, 0.717) is 0 Å². The summed E-state index contributed by atoms with van der Waals surface area (Å²) in [5, 5.41) is 0. The number of methoxy groups -OCH3 is 1. The second-order valence-electron chi connectivity index (χ2n) is 2.31. The van der Waals surface area contributed by atoms with E-state index in [1.54, 1.807) is 7.11 Å². The van der Waals surface area contributed by atoms with Crippen molar-refractivity contribution in [3.8, 4) is 11.7 Å². The summed E-state index contributed by atoms with van der Waals surface area (Å²) in [4.78, 5) is 0. The van der Waals surface area contributed by atoms with Crippen LogP contribution in [-0.4, -0.2) is 7.11 Å². The van der Waals surface area contributed by atoms with Gasteiger partial charge in [0.05, 0.1) is 7.11 Å². The van der Waals surface area contributed by atoms with E-state index >= 15 is 0 Å². The maximum atomic E-state index is 6.92. The highest BCUT2D eigenvalue weighted by atomic mass is 16.5. The van der Waals surface area contributed by atoms with Crippen LogP contribution in [0, 0.1) is 19.3 Å². The molecule has 0 saturated carbocycles. The molecular weight excluding hydrogens is 136 g/mol. The van der Waals surface area contributed by atoms with Crippen LogP contribution in [0.5, 0.6) is 5.75 Å². The molecule has 1 radical (unpaired) electrons. The third kappa shape index (κ3) is 1.53. The van der Waals surface area contributed by atoms with Crippen molar-refractivity contribution in [2.45, 2.75) is 6.92 Å². The standard InChI is InChI=1S/C10H9O/c1-4-9-5-6-10(11-3)7-8(9)2/h5-7H,2-3H3. The molecule has 0 bridgehead atoms. The van der Waals surface area contributed by atoms with Crippen LogP contribution in [0.3, 0.4) is 0 Å². The van der Waals surface area contributed by atoms with Gasteiger partial charge in [-0.15, -0.1) is 0 Å². The molecule has 0 fully saturated rings. The van der Waals surface area contributed by atoms with E-state index < -0.39 is 0 Å². The van der Waals surface area contributed by atoms with E-state index in [2.05, 4.69) is 5.92 Å². The van der Waals surface area contributed by atoms with Gasteiger partial charge in [0.2, 0.25) is 0 Å². The van der Waals surface area contributed by atoms with Crippen LogP contribution in [0.2, 0.25) is 0 Å². The zero-order valence-corrected chi connectivity index (χ0v) is 6.64. The monoisotopic (exact) mass is 145 g/mol. The van der Waals surface area contributed by atoms with E-state index in [9.17, 15) is 0 Å². The first kappa shape index (κ1) is 7.68. The Kier molecular flexibility index (Phi) is 2.18. The first-order valence-corrected chi connectivity index (χ1v) is 3.35. The number of hydrogen-bond donors (Lipinski definition) is 0. The van der Waals surface area contributed by atoms with Gasteiger partial charge in [-0.1, -0.05) is 5.92 Å². The Bertz CT molecular complexity index is 294. The minimum atomic E-state index is 0.811. The Labute approximate surface area is 67.0 Å². The number of hydrogen-bond acceptors (Lipinski definition) is 1. The SMILES string of the molecule is [C]#Cc1ccc(OC)cc1C. The highest BCUT2D eigenvalue weighted by Crippen LogP contribution is 2.15. The molecule has 0 heterocycles. The van der Waals surface area contributed by atoms with E-state index in [4.69, 9.17) is 11.2 Å². The van der Waals surface area contributed by atoms with Crippen molar-refractivity contribution in [2.24, 2.45) is 0 Å². The van der Waals surface area contributed by atoms with Crippen molar-refractivity contribution < 1.29 is 4.74 Å². The molecule has 1 heteroatoms. The summed E-state index contributed by atoms with van der Waals surface area (Å²) in [6, 6.07) is 5.53. The Balaban J connectivity index is 3.12. The van der Waals surface area contributed by atoms with Gasteiger partial charge in [-0.05, 0) is 37.1 Å². The topological polar surface area (TPSA) is 9.23 Å². The van der Waals surface area contributed by atoms with Crippen LogP contribution in [0.1, 0.15) is 11.1 Å². The van der Waals surface area contributed by atoms with E-state index in [1.165, 1.54) is 0 Å². The van der Waals surface area contributed by atoms with Crippen LogP contribution in [-0.2, 0) is 0 Å². The minimum Gasteiger partial charge on any atom is -0.497 e. The molecule has 55 valence electrons. The van der Waals surface area contributed by atoms with Crippen molar-refractivity contribution >= 4 is 0 Å². The molecule has 0 saturated heterocycles. The number of benzene rings is 1. The van der Waals surface area contributed by atoms with Crippen molar-refractivity contribution in [3.05, 3.63) is 35.7 Å². The summed E-state index contributed by atoms with van der Waals surface area (Å²) in [7, 11) is 1.63. The number of aryl methyl sites for hydroxylation is 1. The van der Waals surface area contributed by atoms with Gasteiger partial charge in [0, 0.05) is 5.56 Å². The Hall–Kier alpha value is -1.42. The second kappa shape index (κ2) is 3.12. The Morgan fingerprint density at radius 2 is 2.18 bits per heavy atom. The Morgan fingerprint density at radius 3 is 2.64 bits per heavy atom. The second-order valence-corrected chi connectivity index (χ2v) is 2.31. The van der Waals surface area contributed by atoms with Crippen molar-refractivity contribution in [3.63, 3.8) is 0 Å². The molecule has 0 unspecified atom stereocenters. The molecule has 1 aromatic carbocycles. The van der Waals surface area contributed by atoms with E-state index in [-0.39, 0.29) is 0 Å². The van der Waals surface area contributed by atoms with Crippen LogP contribution in [0.15, 0.2) is 18.2 Å². The van der Waals surface area contributed by atoms with Gasteiger partial charge < -0.3 is 4.74 Å². The molecule has 0 aliphatic heterocycles. The molecule has 0 atom stereocenters. The quantitative estimate of drug-likeness (QED) is 0.549. The van der Waals surface area contributed by atoms with Crippen LogP contribution in [0.4, 0.5) is 0 Å². The van der Waals surface area contributed by atoms with Gasteiger partial charge in [0.15, 0.2) is 0 Å². The van der Waals surface area contributed by atoms with Gasteiger partial charge in [-0.25, -0.2) is 0 Å². The molecule has 0 aliphatic carbocycles. The third-order valence-electron chi connectivity index (χ3n) is 1.57. The lowest BCUT2D eigenvalue weighted by molar-refractivity contribution is 0.414. The zero-order chi connectivity index (χ0) is 8.27. The Morgan fingerprint density at radius 1 is 1.45 bits per heavy atom. The highest BCUT2D eigenvalue weighted by molar-refractivity contribution is 5.42. The van der Waals surface area contributed by atoms with Gasteiger partial charge in [0.1, 0.15) is 5.75 Å². The lowest BCUT2D eigenvalue weighted by Gasteiger charge is -2.01. The van der Waals surface area contributed by atoms with Gasteiger partial charge in [0.25, 0.3) is 0 Å². The summed E-state index contributed by atoms with van der Waals surface area (Å²) >= 11 is 0. The van der Waals surface area contributed by atoms with E-state index in [1.807, 2.05) is 25.1 Å². The summed E-state index contributed by atoms with van der Waals surface area (Å²) in [6.45, 7) is 1.93. The molecule has 0 aromatic heterocycles. The van der Waals surface area contributed by atoms with E-state index in [0.717, 1.165) is 16.9 Å². The van der Waals surface area contributed by atoms with Gasteiger partial charge >= 0.3 is 0 Å². The fourth-order valence-corrected chi connectivity index (χ4v) is 0.903. The van der Waals surface area contributed by atoms with Crippen molar-refractivity contribution in [1.29, 1.82) is 0 Å². The maximum absolute atomic E-state index is 6.92. The lowest BCUT2D eigenvalue weighted by Crippen LogP contribution is -1.85. The summed E-state index contributed by atoms with van der Waals surface area (Å²) in [6.07, 6.45) is 6.92. The fourth-order valence-electron chi connectivity index (χ4n) is 0.903. The summed E-state index contributed by atoms with van der Waals surface area (Å²) < 4.78 is 5.01. The predicted molar refractivity (Wildman–Crippen MR) is 44.0 cm³/mol. The zero-order valence-electron chi connectivity index (χ0n) is 6.64. The van der Waals surface area contributed by atoms with Crippen LogP contribution >= 0.6 is 0 Å². The molecule has 1 rings (SSSR count). The molecule has 0 aliphatic rings. The molecule has 11 heavy (non-hydrogen) atoms. The molecule has 0 amide bonds. The number of ether oxygens (including phenoxy) is 1. The summed E-state index contributed by atoms with van der Waals surface area (Å²) in [5.41, 5.74) is 1.82. The highest BCUT2D eigenvalue weighted by Gasteiger charge is 1.95. The first-order chi connectivity index (χ1) is 5.27. The normalized spacial score (nSPS) is 8.82. The third-order valence-corrected chi connectivity index (χ3v) is 1.57. The molecule has 0 N–H and O–H groups in total. The average molecular weight is 145 g/mol. The van der Waals surface area contributed by atoms with Gasteiger partial charge in [-0.3, -0.25) is 0 Å². The predicted octanol–water partition coefficient (Wildman–Crippen LogP) is 1.94. The molecule has 0 spiro atoms. The molecular formula is C10H9O. The fraction of sp³-hybridized carbons (Fsp3) is 0.200. The largest absolute Gasteiger partial charge is 0.497 e. The maximum Gasteiger partial charge on any atom is 0.119 e.